The van der Waals surface area contributed by atoms with Gasteiger partial charge in [0.1, 0.15) is 0 Å². The van der Waals surface area contributed by atoms with E-state index in [-0.39, 0.29) is 11.5 Å². The van der Waals surface area contributed by atoms with Gasteiger partial charge in [-0.2, -0.15) is 0 Å². The molecule has 0 atom stereocenters. The number of carbonyl (C=O) groups is 1. The lowest BCUT2D eigenvalue weighted by Crippen LogP contribution is -2.20. The number of benzene rings is 1. The van der Waals surface area contributed by atoms with Crippen molar-refractivity contribution in [1.82, 2.24) is 4.90 Å². The summed E-state index contributed by atoms with van der Waals surface area (Å²) >= 11 is 1.12. The fourth-order valence-electron chi connectivity index (χ4n) is 1.31. The molecular weight excluding hydrogens is 234 g/mol. The Morgan fingerprint density at radius 3 is 2.35 bits per heavy atom. The number of amides is 1. The summed E-state index contributed by atoms with van der Waals surface area (Å²) in [6.07, 6.45) is -0.348. The van der Waals surface area contributed by atoms with Crippen LogP contribution in [0.2, 0.25) is 0 Å². The predicted octanol–water partition coefficient (Wildman–Crippen LogP) is 3.69. The Morgan fingerprint density at radius 2 is 1.82 bits per heavy atom. The monoisotopic (exact) mass is 253 g/mol. The Bertz CT molecular complexity index is 397. The van der Waals surface area contributed by atoms with E-state index in [1.807, 2.05) is 18.2 Å². The molecule has 94 valence electrons. The first kappa shape index (κ1) is 13.9. The van der Waals surface area contributed by atoms with E-state index < -0.39 is 0 Å². The Labute approximate surface area is 107 Å². The fraction of sp³-hybridized carbons (Fsp3) is 0.462. The van der Waals surface area contributed by atoms with E-state index in [2.05, 4.69) is 26.8 Å². The van der Waals surface area contributed by atoms with Gasteiger partial charge in [0.15, 0.2) is 0 Å². The minimum Gasteiger partial charge on any atom is -0.370 e. The van der Waals surface area contributed by atoms with Gasteiger partial charge in [0.2, 0.25) is 0 Å². The highest BCUT2D eigenvalue weighted by Crippen LogP contribution is 2.32. The zero-order valence-electron chi connectivity index (χ0n) is 11.0. The largest absolute Gasteiger partial charge is 0.421 e. The lowest BCUT2D eigenvalue weighted by atomic mass is 9.87. The summed E-state index contributed by atoms with van der Waals surface area (Å²) in [7, 11) is 3.33. The molecule has 0 bridgehead atoms. The highest BCUT2D eigenvalue weighted by molar-refractivity contribution is 7.95. The summed E-state index contributed by atoms with van der Waals surface area (Å²) in [5, 5.41) is 0. The van der Waals surface area contributed by atoms with Crippen molar-refractivity contribution in [3.8, 4) is 0 Å². The average molecular weight is 253 g/mol. The van der Waals surface area contributed by atoms with Crippen LogP contribution in [0.1, 0.15) is 26.3 Å². The van der Waals surface area contributed by atoms with Crippen LogP contribution in [0.5, 0.6) is 0 Å². The van der Waals surface area contributed by atoms with Crippen LogP contribution in [-0.2, 0) is 9.60 Å². The summed E-state index contributed by atoms with van der Waals surface area (Å²) < 4.78 is 5.13. The van der Waals surface area contributed by atoms with Crippen molar-refractivity contribution in [3.63, 3.8) is 0 Å². The van der Waals surface area contributed by atoms with Crippen molar-refractivity contribution < 1.29 is 8.98 Å². The molecule has 0 aliphatic rings. The third-order valence-electron chi connectivity index (χ3n) is 2.26. The van der Waals surface area contributed by atoms with Crippen LogP contribution in [0.25, 0.3) is 0 Å². The van der Waals surface area contributed by atoms with Crippen molar-refractivity contribution in [1.29, 1.82) is 0 Å². The molecule has 0 fully saturated rings. The lowest BCUT2D eigenvalue weighted by molar-refractivity contribution is 0.180. The molecule has 0 N–H and O–H groups in total. The van der Waals surface area contributed by atoms with Crippen LogP contribution in [0.15, 0.2) is 29.2 Å². The van der Waals surface area contributed by atoms with E-state index in [0.717, 1.165) is 16.9 Å². The zero-order valence-corrected chi connectivity index (χ0v) is 11.8. The smallest absolute Gasteiger partial charge is 0.370 e. The van der Waals surface area contributed by atoms with E-state index in [1.54, 1.807) is 14.1 Å². The molecule has 0 spiro atoms. The Balaban J connectivity index is 2.82. The number of hydrogen-bond donors (Lipinski definition) is 0. The molecule has 0 saturated heterocycles. The van der Waals surface area contributed by atoms with Crippen molar-refractivity contribution in [2.75, 3.05) is 14.1 Å². The number of nitrogens with zero attached hydrogens (tertiary/aromatic N) is 1. The highest BCUT2D eigenvalue weighted by Gasteiger charge is 2.19. The molecule has 17 heavy (non-hydrogen) atoms. The molecule has 0 radical (unpaired) electrons. The molecule has 0 aromatic heterocycles. The molecule has 0 aliphatic heterocycles. The topological polar surface area (TPSA) is 29.5 Å². The average Bonchev–Trinajstić information content (AvgIpc) is 2.24. The van der Waals surface area contributed by atoms with Gasteiger partial charge in [0, 0.05) is 14.1 Å². The second-order valence-electron chi connectivity index (χ2n) is 5.07. The van der Waals surface area contributed by atoms with E-state index >= 15 is 0 Å². The van der Waals surface area contributed by atoms with Crippen LogP contribution in [0.3, 0.4) is 0 Å². The maximum atomic E-state index is 11.4. The van der Waals surface area contributed by atoms with Gasteiger partial charge in [-0.05, 0) is 17.0 Å². The molecule has 1 aromatic carbocycles. The Kier molecular flexibility index (Phi) is 4.46. The third kappa shape index (κ3) is 3.97. The van der Waals surface area contributed by atoms with Crippen LogP contribution in [0.4, 0.5) is 4.79 Å². The first-order chi connectivity index (χ1) is 7.82. The quantitative estimate of drug-likeness (QED) is 0.753. The van der Waals surface area contributed by atoms with Crippen molar-refractivity contribution in [2.45, 2.75) is 31.1 Å². The molecule has 4 heteroatoms. The number of rotatable bonds is 2. The summed E-state index contributed by atoms with van der Waals surface area (Å²) in [4.78, 5) is 13.8. The SMILES string of the molecule is CN(C)C(=O)OSc1ccccc1C(C)(C)C. The molecule has 1 amide bonds. The standard InChI is InChI=1S/C13H19NO2S/c1-13(2,3)10-8-6-7-9-11(10)17-16-12(15)14(4)5/h6-9H,1-5H3. The number of carbonyl (C=O) groups excluding carboxylic acids is 1. The van der Waals surface area contributed by atoms with Crippen LogP contribution in [0, 0.1) is 0 Å². The maximum Gasteiger partial charge on any atom is 0.421 e. The molecule has 0 unspecified atom stereocenters. The first-order valence-electron chi connectivity index (χ1n) is 5.47. The van der Waals surface area contributed by atoms with Gasteiger partial charge in [0.25, 0.3) is 0 Å². The van der Waals surface area contributed by atoms with Crippen LogP contribution in [-0.4, -0.2) is 25.1 Å². The van der Waals surface area contributed by atoms with Gasteiger partial charge in [-0.3, -0.25) is 0 Å². The van der Waals surface area contributed by atoms with Gasteiger partial charge in [-0.1, -0.05) is 39.0 Å². The van der Waals surface area contributed by atoms with Crippen LogP contribution < -0.4 is 0 Å². The molecule has 0 saturated carbocycles. The Morgan fingerprint density at radius 1 is 1.24 bits per heavy atom. The second-order valence-corrected chi connectivity index (χ2v) is 5.85. The summed E-state index contributed by atoms with van der Waals surface area (Å²) in [5.41, 5.74) is 1.21. The first-order valence-corrected chi connectivity index (χ1v) is 6.22. The van der Waals surface area contributed by atoms with Gasteiger partial charge in [-0.15, -0.1) is 0 Å². The molecule has 3 nitrogen and oxygen atoms in total. The molecule has 0 heterocycles. The summed E-state index contributed by atoms with van der Waals surface area (Å²) in [5.74, 6) is 0. The van der Waals surface area contributed by atoms with Crippen molar-refractivity contribution >= 4 is 18.1 Å². The van der Waals surface area contributed by atoms with Crippen LogP contribution >= 0.6 is 12.0 Å². The molecule has 0 aliphatic carbocycles. The molecule has 1 aromatic rings. The van der Waals surface area contributed by atoms with E-state index in [9.17, 15) is 4.79 Å². The van der Waals surface area contributed by atoms with Crippen molar-refractivity contribution in [2.24, 2.45) is 0 Å². The van der Waals surface area contributed by atoms with E-state index in [4.69, 9.17) is 4.18 Å². The zero-order chi connectivity index (χ0) is 13.1. The Hall–Kier alpha value is -1.16. The maximum absolute atomic E-state index is 11.4. The second kappa shape index (κ2) is 5.45. The summed E-state index contributed by atoms with van der Waals surface area (Å²) in [6.45, 7) is 6.42. The predicted molar refractivity (Wildman–Crippen MR) is 71.2 cm³/mol. The summed E-state index contributed by atoms with van der Waals surface area (Å²) in [6, 6.07) is 7.97. The molecular formula is C13H19NO2S. The lowest BCUT2D eigenvalue weighted by Gasteiger charge is -2.22. The van der Waals surface area contributed by atoms with E-state index in [1.165, 1.54) is 10.5 Å². The normalized spacial score (nSPS) is 11.1. The molecule has 1 rings (SSSR count). The van der Waals surface area contributed by atoms with Gasteiger partial charge in [-0.25, -0.2) is 4.79 Å². The minimum atomic E-state index is -0.348. The van der Waals surface area contributed by atoms with E-state index in [0.29, 0.717) is 0 Å². The van der Waals surface area contributed by atoms with Gasteiger partial charge >= 0.3 is 6.09 Å². The third-order valence-corrected chi connectivity index (χ3v) is 3.02. The fourth-order valence-corrected chi connectivity index (χ4v) is 2.22. The number of hydrogen-bond acceptors (Lipinski definition) is 3. The minimum absolute atomic E-state index is 0.0358. The van der Waals surface area contributed by atoms with Gasteiger partial charge in [0.05, 0.1) is 16.9 Å². The van der Waals surface area contributed by atoms with Crippen molar-refractivity contribution in [3.05, 3.63) is 29.8 Å². The highest BCUT2D eigenvalue weighted by atomic mass is 32.2. The van der Waals surface area contributed by atoms with Gasteiger partial charge < -0.3 is 9.08 Å².